The van der Waals surface area contributed by atoms with Gasteiger partial charge >= 0.3 is 5.97 Å². The van der Waals surface area contributed by atoms with Crippen LogP contribution in [0.5, 0.6) is 5.75 Å². The van der Waals surface area contributed by atoms with Crippen molar-refractivity contribution in [2.24, 2.45) is 0 Å². The number of nitrogens with zero attached hydrogens (tertiary/aromatic N) is 1. The van der Waals surface area contributed by atoms with Crippen LogP contribution in [0.2, 0.25) is 10.0 Å². The molecule has 1 N–H and O–H groups in total. The molecule has 0 radical (unpaired) electrons. The monoisotopic (exact) mass is 379 g/mol. The van der Waals surface area contributed by atoms with E-state index in [1.54, 1.807) is 30.3 Å². The molecule has 122 valence electrons. The van der Waals surface area contributed by atoms with Crippen LogP contribution in [0.1, 0.15) is 15.4 Å². The van der Waals surface area contributed by atoms with Gasteiger partial charge in [-0.05, 0) is 30.3 Å². The van der Waals surface area contributed by atoms with Crippen LogP contribution >= 0.6 is 34.5 Å². The fourth-order valence-electron chi connectivity index (χ4n) is 2.11. The number of carbonyl (C=O) groups is 1. The van der Waals surface area contributed by atoms with Crippen molar-refractivity contribution in [1.82, 2.24) is 4.98 Å². The maximum Gasteiger partial charge on any atom is 0.339 e. The van der Waals surface area contributed by atoms with Crippen molar-refractivity contribution < 1.29 is 14.6 Å². The van der Waals surface area contributed by atoms with E-state index in [1.165, 1.54) is 17.4 Å². The number of para-hydroxylation sites is 1. The Morgan fingerprint density at radius 2 is 2.00 bits per heavy atom. The molecule has 0 amide bonds. The second-order valence-electron chi connectivity index (χ2n) is 4.84. The molecule has 2 aromatic carbocycles. The van der Waals surface area contributed by atoms with Crippen LogP contribution in [0.4, 0.5) is 0 Å². The Morgan fingerprint density at radius 3 is 2.75 bits per heavy atom. The Morgan fingerprint density at radius 1 is 1.21 bits per heavy atom. The molecule has 0 bridgehead atoms. The van der Waals surface area contributed by atoms with Gasteiger partial charge in [-0.3, -0.25) is 0 Å². The summed E-state index contributed by atoms with van der Waals surface area (Å²) in [7, 11) is 0. The molecule has 1 aromatic heterocycles. The number of carboxylic acids is 1. The van der Waals surface area contributed by atoms with Gasteiger partial charge in [0.15, 0.2) is 0 Å². The Kier molecular flexibility index (Phi) is 5.04. The predicted molar refractivity (Wildman–Crippen MR) is 95.3 cm³/mol. The number of rotatable bonds is 5. The number of halogens is 2. The summed E-state index contributed by atoms with van der Waals surface area (Å²) in [5.74, 6) is -0.718. The van der Waals surface area contributed by atoms with E-state index >= 15 is 0 Å². The number of benzene rings is 2. The van der Waals surface area contributed by atoms with Gasteiger partial charge in [0.05, 0.1) is 10.7 Å². The molecule has 3 rings (SSSR count). The lowest BCUT2D eigenvalue weighted by Crippen LogP contribution is -2.03. The van der Waals surface area contributed by atoms with Gasteiger partial charge in [-0.1, -0.05) is 35.3 Å². The van der Waals surface area contributed by atoms with Gasteiger partial charge in [-0.25, -0.2) is 9.78 Å². The number of ether oxygens (including phenoxy) is 1. The maximum absolute atomic E-state index is 11.2. The van der Waals surface area contributed by atoms with E-state index in [0.29, 0.717) is 15.8 Å². The average molecular weight is 380 g/mol. The average Bonchev–Trinajstić information content (AvgIpc) is 3.01. The van der Waals surface area contributed by atoms with Crippen molar-refractivity contribution in [2.45, 2.75) is 6.61 Å². The zero-order chi connectivity index (χ0) is 17.1. The summed E-state index contributed by atoms with van der Waals surface area (Å²) in [6.45, 7) is 0.181. The number of hydrogen-bond donors (Lipinski definition) is 1. The van der Waals surface area contributed by atoms with Crippen molar-refractivity contribution >= 4 is 40.5 Å². The quantitative estimate of drug-likeness (QED) is 0.644. The fourth-order valence-corrected chi connectivity index (χ4v) is 3.32. The number of thiazole rings is 1. The van der Waals surface area contributed by atoms with Crippen LogP contribution < -0.4 is 4.74 Å². The topological polar surface area (TPSA) is 59.4 Å². The second-order valence-corrected chi connectivity index (χ2v) is 6.63. The van der Waals surface area contributed by atoms with Crippen molar-refractivity contribution in [2.75, 3.05) is 0 Å². The van der Waals surface area contributed by atoms with E-state index in [0.717, 1.165) is 16.3 Å². The van der Waals surface area contributed by atoms with Crippen molar-refractivity contribution in [1.29, 1.82) is 0 Å². The SMILES string of the molecule is O=C(O)c1ccccc1OCc1nc(-c2ccc(Cl)cc2Cl)cs1. The molecule has 24 heavy (non-hydrogen) atoms. The van der Waals surface area contributed by atoms with Crippen LogP contribution in [-0.4, -0.2) is 16.1 Å². The highest BCUT2D eigenvalue weighted by Gasteiger charge is 2.12. The van der Waals surface area contributed by atoms with Crippen molar-refractivity contribution in [3.8, 4) is 17.0 Å². The lowest BCUT2D eigenvalue weighted by Gasteiger charge is -2.07. The summed E-state index contributed by atoms with van der Waals surface area (Å²) in [4.78, 5) is 15.6. The minimum Gasteiger partial charge on any atom is -0.486 e. The van der Waals surface area contributed by atoms with Crippen LogP contribution in [0, 0.1) is 0 Å². The molecule has 7 heteroatoms. The first-order valence-corrected chi connectivity index (χ1v) is 8.53. The normalized spacial score (nSPS) is 10.6. The summed E-state index contributed by atoms with van der Waals surface area (Å²) >= 11 is 13.5. The number of carboxylic acid groups (broad SMARTS) is 1. The molecule has 0 aliphatic carbocycles. The van der Waals surface area contributed by atoms with Gasteiger partial charge in [-0.2, -0.15) is 0 Å². The first-order valence-electron chi connectivity index (χ1n) is 6.89. The third kappa shape index (κ3) is 3.70. The largest absolute Gasteiger partial charge is 0.486 e. The summed E-state index contributed by atoms with van der Waals surface area (Å²) < 4.78 is 5.60. The molecule has 4 nitrogen and oxygen atoms in total. The fraction of sp³-hybridized carbons (Fsp3) is 0.0588. The number of aromatic nitrogens is 1. The molecule has 0 fully saturated rings. The van der Waals surface area contributed by atoms with E-state index in [4.69, 9.17) is 33.0 Å². The molecule has 0 unspecified atom stereocenters. The maximum atomic E-state index is 11.2. The Bertz CT molecular complexity index is 895. The molecular weight excluding hydrogens is 369 g/mol. The minimum atomic E-state index is -1.03. The smallest absolute Gasteiger partial charge is 0.339 e. The van der Waals surface area contributed by atoms with Crippen molar-refractivity contribution in [3.05, 3.63) is 68.5 Å². The minimum absolute atomic E-state index is 0.120. The second kappa shape index (κ2) is 7.21. The predicted octanol–water partition coefficient (Wildman–Crippen LogP) is 5.39. The van der Waals surface area contributed by atoms with Gasteiger partial charge in [0.2, 0.25) is 0 Å². The molecular formula is C17H11Cl2NO3S. The molecule has 0 aliphatic rings. The van der Waals surface area contributed by atoms with Gasteiger partial charge in [-0.15, -0.1) is 11.3 Å². The summed E-state index contributed by atoms with van der Waals surface area (Å²) in [6, 6.07) is 11.7. The molecule has 0 atom stereocenters. The molecule has 0 saturated heterocycles. The Balaban J connectivity index is 1.77. The van der Waals surface area contributed by atoms with Crippen LogP contribution in [0.15, 0.2) is 47.8 Å². The lowest BCUT2D eigenvalue weighted by atomic mass is 10.2. The van der Waals surface area contributed by atoms with E-state index in [9.17, 15) is 4.79 Å². The highest BCUT2D eigenvalue weighted by atomic mass is 35.5. The lowest BCUT2D eigenvalue weighted by molar-refractivity contribution is 0.0691. The van der Waals surface area contributed by atoms with Gasteiger partial charge < -0.3 is 9.84 Å². The summed E-state index contributed by atoms with van der Waals surface area (Å²) in [5, 5.41) is 12.8. The van der Waals surface area contributed by atoms with E-state index in [2.05, 4.69) is 4.98 Å². The Hall–Kier alpha value is -2.08. The number of hydrogen-bond acceptors (Lipinski definition) is 4. The van der Waals surface area contributed by atoms with E-state index in [-0.39, 0.29) is 12.2 Å². The highest BCUT2D eigenvalue weighted by molar-refractivity contribution is 7.09. The van der Waals surface area contributed by atoms with Crippen LogP contribution in [0.25, 0.3) is 11.3 Å². The third-order valence-electron chi connectivity index (χ3n) is 3.23. The molecule has 1 heterocycles. The molecule has 0 spiro atoms. The Labute approximate surface area is 152 Å². The van der Waals surface area contributed by atoms with Crippen LogP contribution in [0.3, 0.4) is 0 Å². The molecule has 3 aromatic rings. The number of aromatic carboxylic acids is 1. The van der Waals surface area contributed by atoms with Gasteiger partial charge in [0, 0.05) is 16.0 Å². The molecule has 0 aliphatic heterocycles. The van der Waals surface area contributed by atoms with Crippen molar-refractivity contribution in [3.63, 3.8) is 0 Å². The standard InChI is InChI=1S/C17H11Cl2NO3S/c18-10-5-6-11(13(19)7-10)14-9-24-16(20-14)8-23-15-4-2-1-3-12(15)17(21)22/h1-7,9H,8H2,(H,21,22). The van der Waals surface area contributed by atoms with E-state index < -0.39 is 5.97 Å². The first kappa shape index (κ1) is 16.8. The first-order chi connectivity index (χ1) is 11.5. The van der Waals surface area contributed by atoms with E-state index in [1.807, 2.05) is 11.4 Å². The third-order valence-corrected chi connectivity index (χ3v) is 4.60. The van der Waals surface area contributed by atoms with Gasteiger partial charge in [0.25, 0.3) is 0 Å². The zero-order valence-electron chi connectivity index (χ0n) is 12.2. The highest BCUT2D eigenvalue weighted by Crippen LogP contribution is 2.31. The summed E-state index contributed by atoms with van der Waals surface area (Å²) in [5.41, 5.74) is 1.64. The van der Waals surface area contributed by atoms with Gasteiger partial charge in [0.1, 0.15) is 22.9 Å². The molecule has 0 saturated carbocycles. The zero-order valence-corrected chi connectivity index (χ0v) is 14.5. The summed E-state index contributed by atoms with van der Waals surface area (Å²) in [6.07, 6.45) is 0. The van der Waals surface area contributed by atoms with Crippen LogP contribution in [-0.2, 0) is 6.61 Å².